The van der Waals surface area contributed by atoms with Crippen molar-refractivity contribution in [1.82, 2.24) is 0 Å². The zero-order chi connectivity index (χ0) is 15.8. The summed E-state index contributed by atoms with van der Waals surface area (Å²) in [6.45, 7) is 3.03. The Kier molecular flexibility index (Phi) is 4.29. The van der Waals surface area contributed by atoms with Gasteiger partial charge in [-0.2, -0.15) is 12.8 Å². The molecule has 0 N–H and O–H groups in total. The number of allylic oxidation sites excluding steroid dienone is 2. The lowest BCUT2D eigenvalue weighted by atomic mass is 9.88. The van der Waals surface area contributed by atoms with Gasteiger partial charge in [-0.25, -0.2) is 0 Å². The molecule has 0 spiro atoms. The molecule has 1 aliphatic rings. The maximum absolute atomic E-state index is 12.3. The van der Waals surface area contributed by atoms with Crippen LogP contribution in [0.15, 0.2) is 51.3 Å². The lowest BCUT2D eigenvalue weighted by Gasteiger charge is -2.30. The second-order valence-corrected chi connectivity index (χ2v) is 7.72. The van der Waals surface area contributed by atoms with E-state index in [2.05, 4.69) is 4.40 Å². The van der Waals surface area contributed by atoms with E-state index in [1.807, 2.05) is 0 Å². The van der Waals surface area contributed by atoms with Crippen molar-refractivity contribution < 1.29 is 13.2 Å². The summed E-state index contributed by atoms with van der Waals surface area (Å²) >= 11 is 12.3. The molecule has 2 rings (SSSR count). The van der Waals surface area contributed by atoms with E-state index < -0.39 is 20.3 Å². The highest BCUT2D eigenvalue weighted by atomic mass is 35.5. The maximum Gasteiger partial charge on any atom is 0.282 e. The monoisotopic (exact) mass is 345 g/mol. The summed E-state index contributed by atoms with van der Waals surface area (Å²) in [6, 6.07) is 7.79. The highest BCUT2D eigenvalue weighted by Crippen LogP contribution is 2.34. The third-order valence-corrected chi connectivity index (χ3v) is 5.67. The molecule has 2 atom stereocenters. The quantitative estimate of drug-likeness (QED) is 0.774. The average molecular weight is 346 g/mol. The van der Waals surface area contributed by atoms with Gasteiger partial charge in [-0.3, -0.25) is 4.79 Å². The number of hydrogen-bond acceptors (Lipinski definition) is 3. The molecular formula is C14H13Cl2NO3S. The van der Waals surface area contributed by atoms with Gasteiger partial charge in [0, 0.05) is 0 Å². The van der Waals surface area contributed by atoms with Gasteiger partial charge in [-0.05, 0) is 37.6 Å². The van der Waals surface area contributed by atoms with Crippen molar-refractivity contribution in [3.8, 4) is 0 Å². The summed E-state index contributed by atoms with van der Waals surface area (Å²) in [5.74, 6) is -0.363. The number of nitrogens with zero attached hydrogens (tertiary/aromatic N) is 1. The van der Waals surface area contributed by atoms with Crippen molar-refractivity contribution in [2.24, 2.45) is 4.40 Å². The van der Waals surface area contributed by atoms with E-state index in [1.165, 1.54) is 25.1 Å². The number of alkyl halides is 2. The number of carbonyl (C=O) groups is 1. The maximum atomic E-state index is 12.3. The lowest BCUT2D eigenvalue weighted by molar-refractivity contribution is -0.116. The molecule has 0 aliphatic heterocycles. The normalized spacial score (nSPS) is 28.6. The summed E-state index contributed by atoms with van der Waals surface area (Å²) in [5.41, 5.74) is 0.496. The highest BCUT2D eigenvalue weighted by molar-refractivity contribution is 7.90. The summed E-state index contributed by atoms with van der Waals surface area (Å²) in [5, 5.41) is -1.02. The third kappa shape index (κ3) is 3.05. The first-order valence-electron chi connectivity index (χ1n) is 6.12. The molecule has 0 amide bonds. The van der Waals surface area contributed by atoms with Crippen LogP contribution < -0.4 is 0 Å². The van der Waals surface area contributed by atoms with Crippen molar-refractivity contribution in [2.75, 3.05) is 0 Å². The SMILES string of the molecule is CC1=CC(=O)C(C)(Cl)C(Cl)/C1=N\S(=O)(=O)c1ccccc1. The van der Waals surface area contributed by atoms with E-state index in [4.69, 9.17) is 23.2 Å². The number of sulfonamides is 1. The fourth-order valence-corrected chi connectivity index (χ4v) is 3.55. The van der Waals surface area contributed by atoms with Crippen molar-refractivity contribution in [3.63, 3.8) is 0 Å². The molecule has 0 saturated heterocycles. The Morgan fingerprint density at radius 1 is 1.24 bits per heavy atom. The van der Waals surface area contributed by atoms with Crippen LogP contribution in [0.1, 0.15) is 13.8 Å². The molecule has 112 valence electrons. The van der Waals surface area contributed by atoms with Crippen molar-refractivity contribution >= 4 is 44.7 Å². The van der Waals surface area contributed by atoms with E-state index in [-0.39, 0.29) is 16.4 Å². The molecular weight excluding hydrogens is 333 g/mol. The summed E-state index contributed by atoms with van der Waals surface area (Å²) in [7, 11) is -3.90. The molecule has 7 heteroatoms. The summed E-state index contributed by atoms with van der Waals surface area (Å²) in [6.07, 6.45) is 1.27. The van der Waals surface area contributed by atoms with E-state index in [1.54, 1.807) is 25.1 Å². The van der Waals surface area contributed by atoms with Gasteiger partial charge in [0.05, 0.1) is 10.6 Å². The Balaban J connectivity index is 2.55. The number of rotatable bonds is 2. The molecule has 0 radical (unpaired) electrons. The smallest absolute Gasteiger partial charge is 0.282 e. The van der Waals surface area contributed by atoms with E-state index in [0.717, 1.165) is 0 Å². The predicted molar refractivity (Wildman–Crippen MR) is 83.7 cm³/mol. The van der Waals surface area contributed by atoms with Crippen LogP contribution in [-0.4, -0.2) is 30.2 Å². The first kappa shape index (κ1) is 16.2. The zero-order valence-electron chi connectivity index (χ0n) is 11.4. The predicted octanol–water partition coefficient (Wildman–Crippen LogP) is 2.95. The van der Waals surface area contributed by atoms with Crippen LogP contribution in [0.4, 0.5) is 0 Å². The summed E-state index contributed by atoms with van der Waals surface area (Å²) < 4.78 is 28.3. The fraction of sp³-hybridized carbons (Fsp3) is 0.286. The van der Waals surface area contributed by atoms with Crippen LogP contribution in [0.25, 0.3) is 0 Å². The minimum absolute atomic E-state index is 0.0577. The molecule has 4 nitrogen and oxygen atoms in total. The van der Waals surface area contributed by atoms with Crippen LogP contribution in [0.3, 0.4) is 0 Å². The van der Waals surface area contributed by atoms with Gasteiger partial charge >= 0.3 is 0 Å². The summed E-state index contributed by atoms with van der Waals surface area (Å²) in [4.78, 5) is 10.5. The number of halogens is 2. The van der Waals surface area contributed by atoms with Gasteiger partial charge in [0.2, 0.25) is 0 Å². The van der Waals surface area contributed by atoms with Crippen LogP contribution in [0.2, 0.25) is 0 Å². The second-order valence-electron chi connectivity index (χ2n) is 4.89. The van der Waals surface area contributed by atoms with Gasteiger partial charge in [0.25, 0.3) is 10.0 Å². The molecule has 1 aliphatic carbocycles. The van der Waals surface area contributed by atoms with Gasteiger partial charge < -0.3 is 0 Å². The van der Waals surface area contributed by atoms with Crippen molar-refractivity contribution in [3.05, 3.63) is 42.0 Å². The molecule has 0 heterocycles. The molecule has 0 saturated carbocycles. The standard InChI is InChI=1S/C14H13Cl2NO3S/c1-9-8-11(18)14(2,16)13(15)12(9)17-21(19,20)10-6-4-3-5-7-10/h3-8,13H,1-2H3/b17-12-. The van der Waals surface area contributed by atoms with Gasteiger partial charge in [0.1, 0.15) is 10.3 Å². The molecule has 1 aromatic carbocycles. The van der Waals surface area contributed by atoms with Crippen LogP contribution in [0, 0.1) is 0 Å². The fourth-order valence-electron chi connectivity index (χ4n) is 1.89. The number of benzene rings is 1. The van der Waals surface area contributed by atoms with E-state index >= 15 is 0 Å². The molecule has 21 heavy (non-hydrogen) atoms. The Morgan fingerprint density at radius 2 is 1.81 bits per heavy atom. The third-order valence-electron chi connectivity index (χ3n) is 3.21. The topological polar surface area (TPSA) is 63.6 Å². The Morgan fingerprint density at radius 3 is 2.38 bits per heavy atom. The van der Waals surface area contributed by atoms with Crippen LogP contribution >= 0.6 is 23.2 Å². The molecule has 0 fully saturated rings. The molecule has 0 aromatic heterocycles. The van der Waals surface area contributed by atoms with Crippen molar-refractivity contribution in [1.29, 1.82) is 0 Å². The molecule has 0 bridgehead atoms. The van der Waals surface area contributed by atoms with E-state index in [9.17, 15) is 13.2 Å². The minimum Gasteiger partial charge on any atom is -0.293 e. The first-order valence-corrected chi connectivity index (χ1v) is 8.37. The number of carbonyl (C=O) groups excluding carboxylic acids is 1. The Bertz CT molecular complexity index is 737. The van der Waals surface area contributed by atoms with Gasteiger partial charge in [-0.1, -0.05) is 18.2 Å². The Labute approximate surface area is 133 Å². The number of hydrogen-bond donors (Lipinski definition) is 0. The zero-order valence-corrected chi connectivity index (χ0v) is 13.7. The van der Waals surface area contributed by atoms with Gasteiger partial charge in [-0.15, -0.1) is 23.2 Å². The van der Waals surface area contributed by atoms with Gasteiger partial charge in [0.15, 0.2) is 5.78 Å². The van der Waals surface area contributed by atoms with E-state index in [0.29, 0.717) is 5.57 Å². The lowest BCUT2D eigenvalue weighted by Crippen LogP contribution is -2.46. The largest absolute Gasteiger partial charge is 0.293 e. The minimum atomic E-state index is -3.90. The highest BCUT2D eigenvalue weighted by Gasteiger charge is 2.44. The molecule has 2 unspecified atom stereocenters. The Hall–Kier alpha value is -1.17. The first-order chi connectivity index (χ1) is 9.66. The average Bonchev–Trinajstić information content (AvgIpc) is 2.43. The van der Waals surface area contributed by atoms with Crippen molar-refractivity contribution in [2.45, 2.75) is 29.0 Å². The van der Waals surface area contributed by atoms with Crippen LogP contribution in [0.5, 0.6) is 0 Å². The molecule has 1 aromatic rings. The van der Waals surface area contributed by atoms with Crippen LogP contribution in [-0.2, 0) is 14.8 Å². The number of ketones is 1. The second kappa shape index (κ2) is 5.55.